The lowest BCUT2D eigenvalue weighted by atomic mass is 10.4. The van der Waals surface area contributed by atoms with Gasteiger partial charge in [-0.1, -0.05) is 40.0 Å². The minimum absolute atomic E-state index is 0. The Kier molecular flexibility index (Phi) is 28.5. The van der Waals surface area contributed by atoms with Crippen molar-refractivity contribution in [1.82, 2.24) is 0 Å². The maximum Gasteiger partial charge on any atom is 0.0591 e. The zero-order valence-electron chi connectivity index (χ0n) is 12.6. The van der Waals surface area contributed by atoms with Gasteiger partial charge in [0.15, 0.2) is 0 Å². The van der Waals surface area contributed by atoms with Crippen LogP contribution >= 0.6 is 17.2 Å². The Morgan fingerprint density at radius 2 is 0.882 bits per heavy atom. The number of hydrogen-bond donors (Lipinski definition) is 0. The Bertz CT molecular complexity index is 111. The lowest BCUT2D eigenvalue weighted by molar-refractivity contribution is -0.001000. The molecule has 0 saturated heterocycles. The van der Waals surface area contributed by atoms with Crippen molar-refractivity contribution in [2.24, 2.45) is 0 Å². The second-order valence-electron chi connectivity index (χ2n) is 4.85. The third-order valence-electron chi connectivity index (χ3n) is 3.15. The zero-order chi connectivity index (χ0) is 10.9. The molecule has 0 nitrogen and oxygen atoms in total. The van der Waals surface area contributed by atoms with E-state index >= 15 is 0 Å². The zero-order valence-corrected chi connectivity index (χ0v) is 18.6. The van der Waals surface area contributed by atoms with E-state index in [1.165, 1.54) is 38.5 Å². The standard InChI is InChI=1S/C13H30P.2BrH.H3P/c1-5-8-11-14(4,12-9-6-2)13-10-7-3;;;/h5-13H2,1-4H3;2*1H;1H3/q+1;;;/p-1. The van der Waals surface area contributed by atoms with Crippen LogP contribution in [0, 0.1) is 0 Å². The van der Waals surface area contributed by atoms with Crippen LogP contribution < -0.4 is 34.0 Å². The summed E-state index contributed by atoms with van der Waals surface area (Å²) in [6, 6.07) is 0. The van der Waals surface area contributed by atoms with E-state index < -0.39 is 7.26 Å². The van der Waals surface area contributed by atoms with Crippen LogP contribution in [0.5, 0.6) is 0 Å². The van der Waals surface area contributed by atoms with Crippen LogP contribution in [0.25, 0.3) is 0 Å². The van der Waals surface area contributed by atoms with Crippen LogP contribution in [0.4, 0.5) is 0 Å². The Hall–Kier alpha value is 1.82. The first-order valence-corrected chi connectivity index (χ1v) is 9.31. The van der Waals surface area contributed by atoms with Gasteiger partial charge in [0.25, 0.3) is 0 Å². The first-order valence-electron chi connectivity index (χ1n) is 6.52. The molecule has 0 rings (SSSR count). The van der Waals surface area contributed by atoms with Crippen molar-refractivity contribution in [3.63, 3.8) is 0 Å². The van der Waals surface area contributed by atoms with Crippen molar-refractivity contribution in [2.45, 2.75) is 59.3 Å². The molecule has 17 heavy (non-hydrogen) atoms. The second kappa shape index (κ2) is 17.8. The molecule has 0 aromatic carbocycles. The largest absolute Gasteiger partial charge is 1.00 e. The molecule has 0 aromatic rings. The molecule has 4 heteroatoms. The summed E-state index contributed by atoms with van der Waals surface area (Å²) < 4.78 is 0. The highest BCUT2D eigenvalue weighted by Crippen LogP contribution is 2.57. The van der Waals surface area contributed by atoms with Crippen LogP contribution in [0.15, 0.2) is 0 Å². The molecule has 0 N–H and O–H groups in total. The molecule has 0 saturated carbocycles. The highest BCUT2D eigenvalue weighted by Gasteiger charge is 2.28. The van der Waals surface area contributed by atoms with Crippen molar-refractivity contribution < 1.29 is 34.0 Å². The molecule has 0 aliphatic rings. The van der Waals surface area contributed by atoms with Gasteiger partial charge in [0.2, 0.25) is 0 Å². The quantitative estimate of drug-likeness (QED) is 0.419. The van der Waals surface area contributed by atoms with Crippen LogP contribution in [0.3, 0.4) is 0 Å². The van der Waals surface area contributed by atoms with E-state index in [0.29, 0.717) is 0 Å². The summed E-state index contributed by atoms with van der Waals surface area (Å²) in [7, 11) is -0.519. The third kappa shape index (κ3) is 15.8. The van der Waals surface area contributed by atoms with E-state index in [1.807, 2.05) is 0 Å². The van der Waals surface area contributed by atoms with Gasteiger partial charge < -0.3 is 34.0 Å². The van der Waals surface area contributed by atoms with E-state index in [9.17, 15) is 0 Å². The number of halogens is 2. The average Bonchev–Trinajstić information content (AvgIpc) is 2.21. The van der Waals surface area contributed by atoms with Gasteiger partial charge in [0.05, 0.1) is 18.5 Å². The normalized spacial score (nSPS) is 9.88. The lowest BCUT2D eigenvalue weighted by Crippen LogP contribution is -3.00. The van der Waals surface area contributed by atoms with Crippen LogP contribution in [0.2, 0.25) is 0 Å². The molecule has 0 amide bonds. The SMILES string of the molecule is CCCC[P+](C)(CCCC)CCCC.[Br-].[Br-].[PH4+]. The van der Waals surface area contributed by atoms with E-state index in [4.69, 9.17) is 0 Å². The summed E-state index contributed by atoms with van der Waals surface area (Å²) in [4.78, 5) is 0. The molecule has 0 radical (unpaired) electrons. The summed E-state index contributed by atoms with van der Waals surface area (Å²) in [6.45, 7) is 9.59. The fourth-order valence-electron chi connectivity index (χ4n) is 1.95. The van der Waals surface area contributed by atoms with Crippen molar-refractivity contribution in [2.75, 3.05) is 25.2 Å². The van der Waals surface area contributed by atoms with Gasteiger partial charge in [0.1, 0.15) is 0 Å². The first-order chi connectivity index (χ1) is 6.68. The minimum Gasteiger partial charge on any atom is -1.00 e. The monoisotopic (exact) mass is 410 g/mol. The number of hydrogen-bond acceptors (Lipinski definition) is 0. The van der Waals surface area contributed by atoms with Crippen LogP contribution in [-0.4, -0.2) is 25.2 Å². The molecular formula is C13H34Br2P2. The van der Waals surface area contributed by atoms with E-state index in [2.05, 4.69) is 27.4 Å². The molecular weight excluding hydrogens is 378 g/mol. The minimum atomic E-state index is -0.519. The Morgan fingerprint density at radius 3 is 1.06 bits per heavy atom. The van der Waals surface area contributed by atoms with Gasteiger partial charge in [-0.2, -0.15) is 0 Å². The maximum absolute atomic E-state index is 2.62. The smallest absolute Gasteiger partial charge is 0.0591 e. The summed E-state index contributed by atoms with van der Waals surface area (Å²) in [5.74, 6) is 0. The summed E-state index contributed by atoms with van der Waals surface area (Å²) >= 11 is 0. The fourth-order valence-corrected chi connectivity index (χ4v) is 5.86. The highest BCUT2D eigenvalue weighted by molar-refractivity contribution is 7.75. The Morgan fingerprint density at radius 1 is 0.647 bits per heavy atom. The molecule has 1 atom stereocenters. The van der Waals surface area contributed by atoms with Gasteiger partial charge in [-0.15, -0.1) is 0 Å². The Labute approximate surface area is 135 Å². The highest BCUT2D eigenvalue weighted by atomic mass is 79.9. The van der Waals surface area contributed by atoms with E-state index in [-0.39, 0.29) is 43.9 Å². The third-order valence-corrected chi connectivity index (χ3v) is 7.34. The van der Waals surface area contributed by atoms with Gasteiger partial charge >= 0.3 is 0 Å². The summed E-state index contributed by atoms with van der Waals surface area (Å²) in [6.07, 6.45) is 13.2. The molecule has 0 aliphatic carbocycles. The number of unbranched alkanes of at least 4 members (excludes halogenated alkanes) is 3. The molecule has 0 spiro atoms. The molecule has 0 heterocycles. The van der Waals surface area contributed by atoms with E-state index in [0.717, 1.165) is 0 Å². The van der Waals surface area contributed by atoms with Crippen LogP contribution in [-0.2, 0) is 0 Å². The first kappa shape index (κ1) is 27.2. The van der Waals surface area contributed by atoms with Gasteiger partial charge in [0, 0.05) is 13.9 Å². The van der Waals surface area contributed by atoms with Crippen molar-refractivity contribution >= 4 is 17.2 Å². The molecule has 1 unspecified atom stereocenters. The molecule has 110 valence electrons. The van der Waals surface area contributed by atoms with Crippen molar-refractivity contribution in [3.05, 3.63) is 0 Å². The predicted octanol–water partition coefficient (Wildman–Crippen LogP) is -1.17. The maximum atomic E-state index is 2.62. The fraction of sp³-hybridized carbons (Fsp3) is 1.00. The van der Waals surface area contributed by atoms with E-state index in [1.54, 1.807) is 18.5 Å². The average molecular weight is 412 g/mol. The summed E-state index contributed by atoms with van der Waals surface area (Å²) in [5.41, 5.74) is 0. The topological polar surface area (TPSA) is 0 Å². The molecule has 0 aromatic heterocycles. The lowest BCUT2D eigenvalue weighted by Gasteiger charge is -2.22. The Balaban J connectivity index is -0.000000282. The second-order valence-corrected chi connectivity index (χ2v) is 9.43. The van der Waals surface area contributed by atoms with Gasteiger partial charge in [-0.3, -0.25) is 0 Å². The summed E-state index contributed by atoms with van der Waals surface area (Å²) in [5, 5.41) is 0. The molecule has 0 bridgehead atoms. The van der Waals surface area contributed by atoms with Crippen molar-refractivity contribution in [1.29, 1.82) is 0 Å². The molecule has 0 aliphatic heterocycles. The van der Waals surface area contributed by atoms with Crippen molar-refractivity contribution in [3.8, 4) is 0 Å². The predicted molar refractivity (Wildman–Crippen MR) is 84.7 cm³/mol. The van der Waals surface area contributed by atoms with Gasteiger partial charge in [-0.25, -0.2) is 0 Å². The number of rotatable bonds is 9. The van der Waals surface area contributed by atoms with Crippen LogP contribution in [0.1, 0.15) is 59.3 Å². The molecule has 0 fully saturated rings. The van der Waals surface area contributed by atoms with Gasteiger partial charge in [-0.05, 0) is 29.2 Å².